The van der Waals surface area contributed by atoms with E-state index in [2.05, 4.69) is 4.99 Å². The van der Waals surface area contributed by atoms with Gasteiger partial charge in [0.05, 0.1) is 18.4 Å². The first-order chi connectivity index (χ1) is 13.0. The molecule has 27 heavy (non-hydrogen) atoms. The van der Waals surface area contributed by atoms with E-state index in [9.17, 15) is 4.79 Å². The quantitative estimate of drug-likeness (QED) is 0.782. The summed E-state index contributed by atoms with van der Waals surface area (Å²) in [6, 6.07) is 9.04. The van der Waals surface area contributed by atoms with E-state index >= 15 is 0 Å². The lowest BCUT2D eigenvalue weighted by Gasteiger charge is -2.25. The predicted octanol–water partition coefficient (Wildman–Crippen LogP) is 4.31. The third-order valence-corrected chi connectivity index (χ3v) is 5.44. The van der Waals surface area contributed by atoms with Crippen LogP contribution in [0.4, 0.5) is 0 Å². The van der Waals surface area contributed by atoms with Gasteiger partial charge in [-0.2, -0.15) is 4.99 Å². The van der Waals surface area contributed by atoms with Gasteiger partial charge >= 0.3 is 0 Å². The minimum absolute atomic E-state index is 0.120. The van der Waals surface area contributed by atoms with Gasteiger partial charge in [-0.05, 0) is 48.7 Å². The fraction of sp³-hybridized carbons (Fsp3) is 0.105. The number of aliphatic imine (C=N–C) groups is 1. The van der Waals surface area contributed by atoms with Crippen molar-refractivity contribution in [3.63, 3.8) is 0 Å². The zero-order valence-electron chi connectivity index (χ0n) is 14.6. The first kappa shape index (κ1) is 17.6. The largest absolute Gasteiger partial charge is 0.495 e. The van der Waals surface area contributed by atoms with Gasteiger partial charge in [0.1, 0.15) is 11.6 Å². The molecule has 1 amide bonds. The number of nitrogens with zero attached hydrogens (tertiary/aromatic N) is 3. The third kappa shape index (κ3) is 2.98. The van der Waals surface area contributed by atoms with Crippen molar-refractivity contribution >= 4 is 46.3 Å². The number of hydrogen-bond donors (Lipinski definition) is 1. The van der Waals surface area contributed by atoms with Crippen LogP contribution in [0.2, 0.25) is 5.02 Å². The van der Waals surface area contributed by atoms with Crippen LogP contribution < -0.4 is 4.74 Å². The number of amides is 1. The molecule has 136 valence electrons. The molecule has 1 aromatic carbocycles. The van der Waals surface area contributed by atoms with Crippen LogP contribution >= 0.6 is 23.4 Å². The highest BCUT2D eigenvalue weighted by molar-refractivity contribution is 8.16. The summed E-state index contributed by atoms with van der Waals surface area (Å²) in [6.45, 7) is 1.89. The Balaban J connectivity index is 1.80. The summed E-state index contributed by atoms with van der Waals surface area (Å²) >= 11 is 7.50. The maximum atomic E-state index is 12.5. The SMILES string of the molecule is COc1ccc(Cl)cc1-n1cccc1/C=C1/C(=N)N2C(C)=CSC2=NC1=O. The Morgan fingerprint density at radius 1 is 1.33 bits per heavy atom. The number of halogens is 1. The van der Waals surface area contributed by atoms with Gasteiger partial charge in [-0.25, -0.2) is 0 Å². The Morgan fingerprint density at radius 3 is 2.93 bits per heavy atom. The maximum Gasteiger partial charge on any atom is 0.283 e. The lowest BCUT2D eigenvalue weighted by molar-refractivity contribution is -0.114. The molecule has 2 aromatic rings. The molecule has 1 N–H and O–H groups in total. The van der Waals surface area contributed by atoms with Crippen LogP contribution in [0.5, 0.6) is 5.75 Å². The molecule has 0 bridgehead atoms. The molecule has 2 aliphatic heterocycles. The number of rotatable bonds is 3. The number of amidine groups is 2. The Labute approximate surface area is 165 Å². The maximum absolute atomic E-state index is 12.5. The van der Waals surface area contributed by atoms with Gasteiger partial charge in [-0.1, -0.05) is 23.4 Å². The van der Waals surface area contributed by atoms with Crippen LogP contribution in [0.1, 0.15) is 12.6 Å². The second-order valence-corrected chi connectivity index (χ2v) is 7.21. The highest BCUT2D eigenvalue weighted by Gasteiger charge is 2.34. The number of carbonyl (C=O) groups excluding carboxylic acids is 1. The number of allylic oxidation sites excluding steroid dienone is 1. The van der Waals surface area contributed by atoms with Crippen molar-refractivity contribution in [2.24, 2.45) is 4.99 Å². The minimum Gasteiger partial charge on any atom is -0.495 e. The van der Waals surface area contributed by atoms with E-state index in [0.717, 1.165) is 17.1 Å². The molecule has 0 saturated heterocycles. The van der Waals surface area contributed by atoms with Crippen molar-refractivity contribution in [2.75, 3.05) is 7.11 Å². The lowest BCUT2D eigenvalue weighted by Crippen LogP contribution is -2.37. The molecule has 4 rings (SSSR count). The van der Waals surface area contributed by atoms with E-state index in [1.54, 1.807) is 36.3 Å². The number of carbonyl (C=O) groups is 1. The molecule has 3 heterocycles. The van der Waals surface area contributed by atoms with E-state index in [1.165, 1.54) is 11.8 Å². The molecule has 0 spiro atoms. The van der Waals surface area contributed by atoms with Crippen molar-refractivity contribution in [1.82, 2.24) is 9.47 Å². The van der Waals surface area contributed by atoms with Crippen LogP contribution in [0.25, 0.3) is 11.8 Å². The van der Waals surface area contributed by atoms with Crippen LogP contribution in [0.3, 0.4) is 0 Å². The number of fused-ring (bicyclic) bond motifs is 1. The van der Waals surface area contributed by atoms with Crippen molar-refractivity contribution in [2.45, 2.75) is 6.92 Å². The fourth-order valence-corrected chi connectivity index (χ4v) is 4.00. The molecule has 0 radical (unpaired) electrons. The van der Waals surface area contributed by atoms with Crippen molar-refractivity contribution in [1.29, 1.82) is 5.41 Å². The first-order valence-electron chi connectivity index (χ1n) is 8.08. The summed E-state index contributed by atoms with van der Waals surface area (Å²) in [7, 11) is 1.59. The topological polar surface area (TPSA) is 70.7 Å². The number of nitrogens with one attached hydrogen (secondary N) is 1. The van der Waals surface area contributed by atoms with Crippen LogP contribution in [-0.4, -0.2) is 33.5 Å². The smallest absolute Gasteiger partial charge is 0.283 e. The van der Waals surface area contributed by atoms with Gasteiger partial charge in [-0.3, -0.25) is 15.1 Å². The number of hydrogen-bond acceptors (Lipinski definition) is 4. The van der Waals surface area contributed by atoms with Gasteiger partial charge in [0.15, 0.2) is 5.17 Å². The van der Waals surface area contributed by atoms with Gasteiger partial charge in [0.25, 0.3) is 5.91 Å². The van der Waals surface area contributed by atoms with Crippen LogP contribution in [-0.2, 0) is 4.79 Å². The van der Waals surface area contributed by atoms with Gasteiger partial charge < -0.3 is 9.30 Å². The van der Waals surface area contributed by atoms with E-state index in [-0.39, 0.29) is 11.4 Å². The van der Waals surface area contributed by atoms with E-state index < -0.39 is 5.91 Å². The van der Waals surface area contributed by atoms with Crippen molar-refractivity contribution < 1.29 is 9.53 Å². The molecule has 1 aromatic heterocycles. The normalized spacial score (nSPS) is 17.9. The molecule has 8 heteroatoms. The molecular weight excluding hydrogens is 384 g/mol. The second kappa shape index (κ2) is 6.75. The molecule has 0 unspecified atom stereocenters. The molecule has 0 atom stereocenters. The van der Waals surface area contributed by atoms with Gasteiger partial charge in [0.2, 0.25) is 0 Å². The number of ether oxygens (including phenoxy) is 1. The van der Waals surface area contributed by atoms with E-state index in [0.29, 0.717) is 15.9 Å². The Bertz CT molecular complexity index is 1070. The van der Waals surface area contributed by atoms with Crippen molar-refractivity contribution in [3.8, 4) is 11.4 Å². The predicted molar refractivity (Wildman–Crippen MR) is 109 cm³/mol. The summed E-state index contributed by atoms with van der Waals surface area (Å²) in [6.07, 6.45) is 3.52. The van der Waals surface area contributed by atoms with Crippen LogP contribution in [0.15, 0.2) is 58.2 Å². The number of thioether (sulfide) groups is 1. The van der Waals surface area contributed by atoms with Crippen LogP contribution in [0, 0.1) is 5.41 Å². The molecule has 0 saturated carbocycles. The lowest BCUT2D eigenvalue weighted by atomic mass is 10.1. The van der Waals surface area contributed by atoms with Crippen molar-refractivity contribution in [3.05, 3.63) is 63.9 Å². The Morgan fingerprint density at radius 2 is 2.15 bits per heavy atom. The van der Waals surface area contributed by atoms with E-state index in [4.69, 9.17) is 21.7 Å². The standard InChI is InChI=1S/C19H15ClN4O2S/c1-11-10-27-19-22-18(25)14(17(21)24(11)19)9-13-4-3-7-23(13)15-8-12(20)5-6-16(15)26-2/h3-10,21H,1-2H3/b14-9-,21-17?. The molecular formula is C19H15ClN4O2S. The first-order valence-corrected chi connectivity index (χ1v) is 9.34. The summed E-state index contributed by atoms with van der Waals surface area (Å²) in [5.41, 5.74) is 2.56. The number of aromatic nitrogens is 1. The molecule has 0 fully saturated rings. The Kier molecular flexibility index (Phi) is 4.41. The molecule has 2 aliphatic rings. The van der Waals surface area contributed by atoms with Gasteiger partial charge in [-0.15, -0.1) is 0 Å². The minimum atomic E-state index is -0.423. The summed E-state index contributed by atoms with van der Waals surface area (Å²) in [4.78, 5) is 18.3. The summed E-state index contributed by atoms with van der Waals surface area (Å²) in [5, 5.41) is 11.4. The van der Waals surface area contributed by atoms with Gasteiger partial charge in [0, 0.05) is 22.6 Å². The third-order valence-electron chi connectivity index (χ3n) is 4.26. The number of methoxy groups -OCH3 is 1. The monoisotopic (exact) mass is 398 g/mol. The average Bonchev–Trinajstić information content (AvgIpc) is 3.25. The Hall–Kier alpha value is -2.77. The molecule has 6 nitrogen and oxygen atoms in total. The second-order valence-electron chi connectivity index (χ2n) is 5.94. The fourth-order valence-electron chi connectivity index (χ4n) is 2.97. The highest BCUT2D eigenvalue weighted by Crippen LogP contribution is 2.33. The number of benzene rings is 1. The highest BCUT2D eigenvalue weighted by atomic mass is 35.5. The summed E-state index contributed by atoms with van der Waals surface area (Å²) in [5.74, 6) is 0.345. The summed E-state index contributed by atoms with van der Waals surface area (Å²) < 4.78 is 7.29. The molecule has 0 aliphatic carbocycles. The van der Waals surface area contributed by atoms with E-state index in [1.807, 2.05) is 35.2 Å². The zero-order valence-corrected chi connectivity index (χ0v) is 16.1. The zero-order chi connectivity index (χ0) is 19.1. The average molecular weight is 399 g/mol.